The summed E-state index contributed by atoms with van der Waals surface area (Å²) in [5, 5.41) is 9.33. The predicted octanol–water partition coefficient (Wildman–Crippen LogP) is 6.48. The normalized spacial score (nSPS) is 15.1. The summed E-state index contributed by atoms with van der Waals surface area (Å²) in [6.07, 6.45) is -2.07. The van der Waals surface area contributed by atoms with Gasteiger partial charge in [-0.3, -0.25) is 9.59 Å². The maximum Gasteiger partial charge on any atom is 0.416 e. The van der Waals surface area contributed by atoms with Gasteiger partial charge in [-0.15, -0.1) is 0 Å². The minimum atomic E-state index is -4.68. The van der Waals surface area contributed by atoms with Gasteiger partial charge >= 0.3 is 12.1 Å². The third kappa shape index (κ3) is 5.26. The fourth-order valence-corrected chi connectivity index (χ4v) is 5.00. The van der Waals surface area contributed by atoms with Crippen molar-refractivity contribution in [1.29, 1.82) is 0 Å². The molecule has 4 rings (SSSR count). The van der Waals surface area contributed by atoms with Crippen molar-refractivity contribution in [3.05, 3.63) is 69.1 Å². The number of likely N-dealkylation sites (tertiary alicyclic amines) is 1. The van der Waals surface area contributed by atoms with Crippen molar-refractivity contribution in [3.63, 3.8) is 0 Å². The van der Waals surface area contributed by atoms with Crippen molar-refractivity contribution in [1.82, 2.24) is 9.47 Å². The Morgan fingerprint density at radius 3 is 2.40 bits per heavy atom. The molecule has 186 valence electrons. The molecule has 0 unspecified atom stereocenters. The van der Waals surface area contributed by atoms with Gasteiger partial charge < -0.3 is 14.6 Å². The molecule has 0 bridgehead atoms. The number of aliphatic carboxylic acids is 1. The molecule has 2 heterocycles. The Hall–Kier alpha value is -2.78. The highest BCUT2D eigenvalue weighted by Gasteiger charge is 2.32. The number of carboxylic acids is 1. The van der Waals surface area contributed by atoms with Crippen LogP contribution in [0.4, 0.5) is 17.6 Å². The number of fused-ring (bicyclic) bond motifs is 1. The van der Waals surface area contributed by atoms with Crippen molar-refractivity contribution in [2.45, 2.75) is 32.0 Å². The van der Waals surface area contributed by atoms with E-state index in [1.807, 2.05) is 0 Å². The highest BCUT2D eigenvalue weighted by Crippen LogP contribution is 2.35. The van der Waals surface area contributed by atoms with Crippen LogP contribution in [0.2, 0.25) is 10.0 Å². The highest BCUT2D eigenvalue weighted by molar-refractivity contribution is 6.38. The first-order valence-electron chi connectivity index (χ1n) is 10.8. The number of carboxylic acid groups (broad SMARTS) is 1. The maximum absolute atomic E-state index is 14.7. The van der Waals surface area contributed by atoms with E-state index in [9.17, 15) is 27.2 Å². The van der Waals surface area contributed by atoms with Crippen molar-refractivity contribution >= 4 is 46.0 Å². The molecule has 1 fully saturated rings. The van der Waals surface area contributed by atoms with Gasteiger partial charge in [0.1, 0.15) is 5.82 Å². The molecule has 1 amide bonds. The third-order valence-electron chi connectivity index (χ3n) is 6.25. The monoisotopic (exact) mass is 530 g/mol. The molecule has 1 aliphatic rings. The number of piperidine rings is 1. The van der Waals surface area contributed by atoms with Gasteiger partial charge in [0.15, 0.2) is 0 Å². The average Bonchev–Trinajstić information content (AvgIpc) is 3.19. The zero-order valence-corrected chi connectivity index (χ0v) is 19.7. The molecular formula is C24H20Cl2F4N2O3. The molecule has 5 nitrogen and oxygen atoms in total. The van der Waals surface area contributed by atoms with Gasteiger partial charge in [0, 0.05) is 41.7 Å². The van der Waals surface area contributed by atoms with E-state index < -0.39 is 23.5 Å². The number of nitrogens with zero attached hydrogens (tertiary/aromatic N) is 2. The Morgan fingerprint density at radius 1 is 1.09 bits per heavy atom. The number of carbonyl (C=O) groups excluding carboxylic acids is 1. The summed E-state index contributed by atoms with van der Waals surface area (Å²) in [4.78, 5) is 25.6. The van der Waals surface area contributed by atoms with Gasteiger partial charge in [0.2, 0.25) is 0 Å². The fourth-order valence-electron chi connectivity index (χ4n) is 4.43. The smallest absolute Gasteiger partial charge is 0.416 e. The molecule has 1 aliphatic heterocycles. The number of alkyl halides is 3. The molecule has 0 spiro atoms. The number of amides is 1. The first-order chi connectivity index (χ1) is 16.5. The van der Waals surface area contributed by atoms with E-state index in [-0.39, 0.29) is 51.3 Å². The molecule has 1 N–H and O–H groups in total. The van der Waals surface area contributed by atoms with Crippen molar-refractivity contribution in [2.24, 2.45) is 5.92 Å². The number of carbonyl (C=O) groups is 2. The Kier molecular flexibility index (Phi) is 7.02. The van der Waals surface area contributed by atoms with Crippen molar-refractivity contribution < 1.29 is 32.3 Å². The lowest BCUT2D eigenvalue weighted by atomic mass is 9.93. The van der Waals surface area contributed by atoms with Crippen molar-refractivity contribution in [3.8, 4) is 0 Å². The minimum Gasteiger partial charge on any atom is -0.481 e. The number of halogens is 6. The lowest BCUT2D eigenvalue weighted by Crippen LogP contribution is -2.39. The van der Waals surface area contributed by atoms with E-state index in [0.717, 1.165) is 6.07 Å². The van der Waals surface area contributed by atoms with Crippen molar-refractivity contribution in [2.75, 3.05) is 13.1 Å². The molecule has 0 radical (unpaired) electrons. The standard InChI is InChI=1S/C24H20Cl2F4N2O3/c25-18-2-1-16(23(35)31-6-3-13(4-7-31)9-20(33)34)21(26)17(18)12-32-8-5-14-10-15(24(28,29)30)11-19(27)22(14)32/h1-2,5,8,10-11,13H,3-4,6-7,9,12H2,(H,33,34). The maximum atomic E-state index is 14.7. The largest absolute Gasteiger partial charge is 0.481 e. The quantitative estimate of drug-likeness (QED) is 0.384. The summed E-state index contributed by atoms with van der Waals surface area (Å²) >= 11 is 12.9. The number of rotatable bonds is 5. The molecule has 3 aromatic rings. The van der Waals surface area contributed by atoms with Gasteiger partial charge in [-0.2, -0.15) is 13.2 Å². The van der Waals surface area contributed by atoms with Gasteiger partial charge in [0.05, 0.1) is 28.2 Å². The lowest BCUT2D eigenvalue weighted by Gasteiger charge is -2.31. The number of hydrogen-bond acceptors (Lipinski definition) is 2. The van der Waals surface area contributed by atoms with Crippen LogP contribution in [0.5, 0.6) is 0 Å². The Balaban J connectivity index is 1.60. The Bertz CT molecular complexity index is 1300. The fraction of sp³-hybridized carbons (Fsp3) is 0.333. The second-order valence-corrected chi connectivity index (χ2v) is 9.34. The molecular weight excluding hydrogens is 511 g/mol. The van der Waals surface area contributed by atoms with Gasteiger partial charge in [-0.05, 0) is 49.1 Å². The van der Waals surface area contributed by atoms with E-state index in [0.29, 0.717) is 37.6 Å². The summed E-state index contributed by atoms with van der Waals surface area (Å²) in [6.45, 7) is 0.714. The van der Waals surface area contributed by atoms with Gasteiger partial charge in [-0.1, -0.05) is 23.2 Å². The molecule has 0 atom stereocenters. The molecule has 0 aliphatic carbocycles. The molecule has 1 saturated heterocycles. The Labute approximate surface area is 207 Å². The second-order valence-electron chi connectivity index (χ2n) is 8.56. The van der Waals surface area contributed by atoms with Crippen LogP contribution in [0.3, 0.4) is 0 Å². The van der Waals surface area contributed by atoms with E-state index in [4.69, 9.17) is 28.3 Å². The van der Waals surface area contributed by atoms with E-state index in [1.54, 1.807) is 4.90 Å². The lowest BCUT2D eigenvalue weighted by molar-refractivity contribution is -0.139. The molecule has 35 heavy (non-hydrogen) atoms. The summed E-state index contributed by atoms with van der Waals surface area (Å²) in [7, 11) is 0. The Morgan fingerprint density at radius 2 is 1.77 bits per heavy atom. The van der Waals surface area contributed by atoms with Crippen LogP contribution in [-0.4, -0.2) is 39.5 Å². The zero-order valence-electron chi connectivity index (χ0n) is 18.2. The second kappa shape index (κ2) is 9.70. The van der Waals surface area contributed by atoms with Gasteiger partial charge in [0.25, 0.3) is 5.91 Å². The number of aromatic nitrogens is 1. The van der Waals surface area contributed by atoms with Crippen LogP contribution < -0.4 is 0 Å². The van der Waals surface area contributed by atoms with Crippen LogP contribution in [0.1, 0.15) is 40.7 Å². The summed E-state index contributed by atoms with van der Waals surface area (Å²) in [5.41, 5.74) is -0.603. The van der Waals surface area contributed by atoms with E-state index in [1.165, 1.54) is 29.0 Å². The summed E-state index contributed by atoms with van der Waals surface area (Å²) in [6, 6.07) is 5.66. The molecule has 0 saturated carbocycles. The van der Waals surface area contributed by atoms with Crippen LogP contribution in [0.25, 0.3) is 10.9 Å². The number of benzene rings is 2. The average molecular weight is 531 g/mol. The topological polar surface area (TPSA) is 62.5 Å². The van der Waals surface area contributed by atoms with Crippen LogP contribution in [-0.2, 0) is 17.5 Å². The van der Waals surface area contributed by atoms with E-state index >= 15 is 0 Å². The molecule has 2 aromatic carbocycles. The van der Waals surface area contributed by atoms with Gasteiger partial charge in [-0.25, -0.2) is 4.39 Å². The summed E-state index contributed by atoms with van der Waals surface area (Å²) in [5.74, 6) is -2.24. The zero-order chi connectivity index (χ0) is 25.5. The van der Waals surface area contributed by atoms with E-state index in [2.05, 4.69) is 0 Å². The van der Waals surface area contributed by atoms with Crippen LogP contribution in [0, 0.1) is 11.7 Å². The third-order valence-corrected chi connectivity index (χ3v) is 7.04. The molecule has 11 heteroatoms. The number of hydrogen-bond donors (Lipinski definition) is 1. The first-order valence-corrected chi connectivity index (χ1v) is 11.5. The SMILES string of the molecule is O=C(O)CC1CCN(C(=O)c2ccc(Cl)c(Cn3ccc4cc(C(F)(F)F)cc(F)c43)c2Cl)CC1. The first kappa shape index (κ1) is 25.3. The molecule has 1 aromatic heterocycles. The highest BCUT2D eigenvalue weighted by atomic mass is 35.5. The predicted molar refractivity (Wildman–Crippen MR) is 123 cm³/mol. The summed E-state index contributed by atoms with van der Waals surface area (Å²) < 4.78 is 55.2. The van der Waals surface area contributed by atoms with Crippen LogP contribution >= 0.6 is 23.2 Å². The van der Waals surface area contributed by atoms with Crippen LogP contribution in [0.15, 0.2) is 36.5 Å². The minimum absolute atomic E-state index is 0.00239.